The molecule has 0 aromatic heterocycles. The highest BCUT2D eigenvalue weighted by Gasteiger charge is 1.98. The number of allylic oxidation sites excluding steroid dienone is 2. The van der Waals surface area contributed by atoms with Gasteiger partial charge in [-0.15, -0.1) is 0 Å². The third kappa shape index (κ3) is 11.1. The lowest BCUT2D eigenvalue weighted by atomic mass is 10.1. The van der Waals surface area contributed by atoms with Gasteiger partial charge in [0.25, 0.3) is 0 Å². The number of rotatable bonds is 9. The normalized spacial score (nSPS) is 10.8. The fraction of sp³-hybridized carbons (Fsp3) is 0.769. The van der Waals surface area contributed by atoms with Gasteiger partial charge in [0.1, 0.15) is 0 Å². The van der Waals surface area contributed by atoms with Crippen molar-refractivity contribution in [2.75, 3.05) is 7.11 Å². The third-order valence-corrected chi connectivity index (χ3v) is 2.38. The second-order valence-corrected chi connectivity index (χ2v) is 3.76. The molecule has 0 atom stereocenters. The van der Waals surface area contributed by atoms with Crippen molar-refractivity contribution in [3.05, 3.63) is 12.2 Å². The molecule has 0 saturated heterocycles. The summed E-state index contributed by atoms with van der Waals surface area (Å²) in [5, 5.41) is 0. The molecule has 0 amide bonds. The molecule has 0 saturated carbocycles. The van der Waals surface area contributed by atoms with Crippen molar-refractivity contribution in [1.29, 1.82) is 0 Å². The van der Waals surface area contributed by atoms with E-state index in [1.165, 1.54) is 32.8 Å². The van der Waals surface area contributed by atoms with Gasteiger partial charge in [-0.25, -0.2) is 0 Å². The Kier molecular flexibility index (Phi) is 10.7. The Morgan fingerprint density at radius 2 is 1.73 bits per heavy atom. The molecular weight excluding hydrogens is 188 g/mol. The summed E-state index contributed by atoms with van der Waals surface area (Å²) in [5.41, 5.74) is 0. The summed E-state index contributed by atoms with van der Waals surface area (Å²) in [6, 6.07) is 0. The monoisotopic (exact) mass is 212 g/mol. The van der Waals surface area contributed by atoms with Gasteiger partial charge in [-0.1, -0.05) is 38.3 Å². The first-order chi connectivity index (χ1) is 7.31. The smallest absolute Gasteiger partial charge is 0.305 e. The van der Waals surface area contributed by atoms with Gasteiger partial charge in [0.15, 0.2) is 0 Å². The van der Waals surface area contributed by atoms with Crippen LogP contribution in [0.3, 0.4) is 0 Å². The highest BCUT2D eigenvalue weighted by atomic mass is 16.5. The summed E-state index contributed by atoms with van der Waals surface area (Å²) in [6.45, 7) is 2.16. The van der Waals surface area contributed by atoms with Crippen molar-refractivity contribution in [3.8, 4) is 0 Å². The van der Waals surface area contributed by atoms with E-state index >= 15 is 0 Å². The number of unbranched alkanes of at least 4 members (excludes halogenated alkanes) is 5. The maximum Gasteiger partial charge on any atom is 0.305 e. The van der Waals surface area contributed by atoms with E-state index in [0.717, 1.165) is 19.3 Å². The quantitative estimate of drug-likeness (QED) is 0.329. The Balaban J connectivity index is 3.05. The third-order valence-electron chi connectivity index (χ3n) is 2.38. The van der Waals surface area contributed by atoms with Crippen LogP contribution in [0.1, 0.15) is 58.3 Å². The zero-order valence-corrected chi connectivity index (χ0v) is 10.1. The van der Waals surface area contributed by atoms with Crippen LogP contribution in [0.5, 0.6) is 0 Å². The molecule has 0 N–H and O–H groups in total. The number of ether oxygens (including phenoxy) is 1. The van der Waals surface area contributed by atoms with Crippen LogP contribution in [0.25, 0.3) is 0 Å². The highest BCUT2D eigenvalue weighted by Crippen LogP contribution is 2.08. The minimum absolute atomic E-state index is 0.0825. The molecule has 0 aliphatic rings. The van der Waals surface area contributed by atoms with Crippen LogP contribution in [0, 0.1) is 0 Å². The van der Waals surface area contributed by atoms with Gasteiger partial charge >= 0.3 is 5.97 Å². The average Bonchev–Trinajstić information content (AvgIpc) is 2.26. The van der Waals surface area contributed by atoms with E-state index in [1.807, 2.05) is 0 Å². The summed E-state index contributed by atoms with van der Waals surface area (Å²) < 4.78 is 4.57. The molecule has 0 unspecified atom stereocenters. The Labute approximate surface area is 93.7 Å². The molecule has 0 aliphatic carbocycles. The topological polar surface area (TPSA) is 26.3 Å². The highest BCUT2D eigenvalue weighted by molar-refractivity contribution is 5.68. The first-order valence-corrected chi connectivity index (χ1v) is 6.03. The van der Waals surface area contributed by atoms with Crippen molar-refractivity contribution in [2.24, 2.45) is 0 Å². The molecule has 0 aliphatic heterocycles. The Bertz CT molecular complexity index is 173. The standard InChI is InChI=1S/C13H24O2/c1-3-4-5-6-7-8-9-10-11-12-13(14)15-2/h4-5H,3,6-12H2,1-2H3/b5-4+. The van der Waals surface area contributed by atoms with E-state index in [9.17, 15) is 4.79 Å². The van der Waals surface area contributed by atoms with E-state index in [4.69, 9.17) is 0 Å². The lowest BCUT2D eigenvalue weighted by molar-refractivity contribution is -0.140. The zero-order valence-electron chi connectivity index (χ0n) is 10.1. The van der Waals surface area contributed by atoms with E-state index in [0.29, 0.717) is 6.42 Å². The second kappa shape index (κ2) is 11.3. The number of hydrogen-bond donors (Lipinski definition) is 0. The number of esters is 1. The number of carbonyl (C=O) groups excluding carboxylic acids is 1. The summed E-state index contributed by atoms with van der Waals surface area (Å²) in [5.74, 6) is -0.0825. The molecule has 15 heavy (non-hydrogen) atoms. The minimum atomic E-state index is -0.0825. The van der Waals surface area contributed by atoms with Crippen LogP contribution in [0.4, 0.5) is 0 Å². The molecule has 2 heteroatoms. The summed E-state index contributed by atoms with van der Waals surface area (Å²) in [6.07, 6.45) is 13.3. The van der Waals surface area contributed by atoms with Gasteiger partial charge in [-0.3, -0.25) is 4.79 Å². The van der Waals surface area contributed by atoms with Crippen molar-refractivity contribution < 1.29 is 9.53 Å². The lowest BCUT2D eigenvalue weighted by Gasteiger charge is -1.99. The molecule has 88 valence electrons. The number of hydrogen-bond acceptors (Lipinski definition) is 2. The molecule has 0 fully saturated rings. The van der Waals surface area contributed by atoms with Gasteiger partial charge in [-0.05, 0) is 25.7 Å². The van der Waals surface area contributed by atoms with Crippen LogP contribution < -0.4 is 0 Å². The van der Waals surface area contributed by atoms with Crippen LogP contribution in [0.15, 0.2) is 12.2 Å². The summed E-state index contributed by atoms with van der Waals surface area (Å²) in [4.78, 5) is 10.8. The average molecular weight is 212 g/mol. The van der Waals surface area contributed by atoms with Crippen molar-refractivity contribution in [1.82, 2.24) is 0 Å². The fourth-order valence-electron chi connectivity index (χ4n) is 1.45. The second-order valence-electron chi connectivity index (χ2n) is 3.76. The molecule has 0 spiro atoms. The first-order valence-electron chi connectivity index (χ1n) is 6.03. The van der Waals surface area contributed by atoms with E-state index in [2.05, 4.69) is 23.8 Å². The van der Waals surface area contributed by atoms with E-state index in [1.54, 1.807) is 0 Å². The predicted molar refractivity (Wildman–Crippen MR) is 63.8 cm³/mol. The number of methoxy groups -OCH3 is 1. The Morgan fingerprint density at radius 3 is 2.40 bits per heavy atom. The Hall–Kier alpha value is -0.790. The zero-order chi connectivity index (χ0) is 11.4. The lowest BCUT2D eigenvalue weighted by Crippen LogP contribution is -1.98. The van der Waals surface area contributed by atoms with Crippen LogP contribution >= 0.6 is 0 Å². The summed E-state index contributed by atoms with van der Waals surface area (Å²) >= 11 is 0. The van der Waals surface area contributed by atoms with E-state index < -0.39 is 0 Å². The predicted octanol–water partition coefficient (Wildman–Crippen LogP) is 3.86. The molecule has 0 aromatic carbocycles. The molecule has 0 heterocycles. The molecular formula is C13H24O2. The minimum Gasteiger partial charge on any atom is -0.469 e. The van der Waals surface area contributed by atoms with Gasteiger partial charge in [0.2, 0.25) is 0 Å². The molecule has 0 aromatic rings. The fourth-order valence-corrected chi connectivity index (χ4v) is 1.45. The maximum absolute atomic E-state index is 10.8. The SMILES string of the molecule is CC/C=C/CCCCCCCC(=O)OC. The van der Waals surface area contributed by atoms with Gasteiger partial charge in [0, 0.05) is 6.42 Å². The molecule has 0 radical (unpaired) electrons. The summed E-state index contributed by atoms with van der Waals surface area (Å²) in [7, 11) is 1.45. The van der Waals surface area contributed by atoms with Crippen molar-refractivity contribution in [3.63, 3.8) is 0 Å². The molecule has 2 nitrogen and oxygen atoms in total. The largest absolute Gasteiger partial charge is 0.469 e. The molecule has 0 bridgehead atoms. The van der Waals surface area contributed by atoms with Gasteiger partial charge in [-0.2, -0.15) is 0 Å². The molecule has 0 rings (SSSR count). The van der Waals surface area contributed by atoms with Gasteiger partial charge < -0.3 is 4.74 Å². The van der Waals surface area contributed by atoms with Crippen molar-refractivity contribution in [2.45, 2.75) is 58.3 Å². The van der Waals surface area contributed by atoms with Crippen LogP contribution in [-0.2, 0) is 9.53 Å². The maximum atomic E-state index is 10.8. The van der Waals surface area contributed by atoms with Crippen LogP contribution in [-0.4, -0.2) is 13.1 Å². The van der Waals surface area contributed by atoms with E-state index in [-0.39, 0.29) is 5.97 Å². The first kappa shape index (κ1) is 14.2. The van der Waals surface area contributed by atoms with Crippen molar-refractivity contribution >= 4 is 5.97 Å². The van der Waals surface area contributed by atoms with Gasteiger partial charge in [0.05, 0.1) is 7.11 Å². The Morgan fingerprint density at radius 1 is 1.07 bits per heavy atom. The van der Waals surface area contributed by atoms with Crippen LogP contribution in [0.2, 0.25) is 0 Å². The number of carbonyl (C=O) groups is 1.